The molecule has 16 heavy (non-hydrogen) atoms. The molecular formula is C9H4ClF6. The van der Waals surface area contributed by atoms with Gasteiger partial charge in [0.1, 0.15) is 0 Å². The maximum atomic E-state index is 12.3. The molecule has 1 radical (unpaired) electrons. The number of halogens is 7. The van der Waals surface area contributed by atoms with E-state index < -0.39 is 34.1 Å². The van der Waals surface area contributed by atoms with Crippen LogP contribution in [0.1, 0.15) is 16.7 Å². The maximum absolute atomic E-state index is 12.3. The zero-order valence-electron chi connectivity index (χ0n) is 7.51. The van der Waals surface area contributed by atoms with E-state index in [4.69, 9.17) is 11.6 Å². The lowest BCUT2D eigenvalue weighted by atomic mass is 10.0. The Labute approximate surface area is 91.8 Å². The highest BCUT2D eigenvalue weighted by Gasteiger charge is 2.39. The van der Waals surface area contributed by atoms with Crippen molar-refractivity contribution in [3.8, 4) is 0 Å². The Morgan fingerprint density at radius 2 is 1.19 bits per heavy atom. The Kier molecular flexibility index (Phi) is 3.15. The Bertz CT molecular complexity index is 368. The van der Waals surface area contributed by atoms with E-state index in [9.17, 15) is 26.3 Å². The van der Waals surface area contributed by atoms with Gasteiger partial charge in [0.15, 0.2) is 0 Å². The highest BCUT2D eigenvalue weighted by atomic mass is 35.5. The molecule has 89 valence electrons. The molecule has 0 aliphatic carbocycles. The second-order valence-electron chi connectivity index (χ2n) is 2.97. The highest BCUT2D eigenvalue weighted by molar-refractivity contribution is 6.30. The Morgan fingerprint density at radius 1 is 0.875 bits per heavy atom. The third kappa shape index (κ3) is 2.61. The van der Waals surface area contributed by atoms with Gasteiger partial charge in [-0.3, -0.25) is 0 Å². The molecule has 0 fully saturated rings. The molecule has 0 amide bonds. The van der Waals surface area contributed by atoms with Crippen molar-refractivity contribution in [2.75, 3.05) is 0 Å². The summed E-state index contributed by atoms with van der Waals surface area (Å²) in [6.07, 6.45) is -9.83. The largest absolute Gasteiger partial charge is 0.416 e. The molecule has 0 aromatic heterocycles. The molecule has 0 heterocycles. The molecule has 0 saturated heterocycles. The van der Waals surface area contributed by atoms with Crippen molar-refractivity contribution in [1.82, 2.24) is 0 Å². The molecule has 0 nitrogen and oxygen atoms in total. The molecule has 0 atom stereocenters. The Balaban J connectivity index is 3.51. The first-order chi connectivity index (χ1) is 7.03. The van der Waals surface area contributed by atoms with Crippen molar-refractivity contribution in [2.45, 2.75) is 12.4 Å². The summed E-state index contributed by atoms with van der Waals surface area (Å²) < 4.78 is 74.0. The second-order valence-corrected chi connectivity index (χ2v) is 3.41. The molecule has 0 N–H and O–H groups in total. The highest BCUT2D eigenvalue weighted by Crippen LogP contribution is 2.40. The van der Waals surface area contributed by atoms with Crippen LogP contribution in [0.4, 0.5) is 26.3 Å². The summed E-state index contributed by atoms with van der Waals surface area (Å²) in [7, 11) is 0. The molecule has 0 bridgehead atoms. The number of benzene rings is 1. The third-order valence-electron chi connectivity index (χ3n) is 1.83. The second kappa shape index (κ2) is 3.84. The number of rotatable bonds is 0. The molecule has 1 aromatic rings. The van der Waals surface area contributed by atoms with Gasteiger partial charge in [0.05, 0.1) is 11.1 Å². The smallest absolute Gasteiger partial charge is 0.166 e. The van der Waals surface area contributed by atoms with E-state index in [1.54, 1.807) is 0 Å². The van der Waals surface area contributed by atoms with E-state index in [2.05, 4.69) is 6.92 Å². The first kappa shape index (κ1) is 13.2. The molecule has 0 unspecified atom stereocenters. The first-order valence-electron chi connectivity index (χ1n) is 3.83. The van der Waals surface area contributed by atoms with E-state index in [-0.39, 0.29) is 0 Å². The summed E-state index contributed by atoms with van der Waals surface area (Å²) in [6.45, 7) is 2.80. The van der Waals surface area contributed by atoms with Crippen LogP contribution in [-0.2, 0) is 12.4 Å². The van der Waals surface area contributed by atoms with Gasteiger partial charge in [-0.05, 0) is 24.6 Å². The summed E-state index contributed by atoms with van der Waals surface area (Å²) >= 11 is 5.21. The van der Waals surface area contributed by atoms with E-state index in [0.29, 0.717) is 12.1 Å². The maximum Gasteiger partial charge on any atom is 0.416 e. The molecule has 7 heteroatoms. The molecule has 1 aromatic carbocycles. The monoisotopic (exact) mass is 261 g/mol. The van der Waals surface area contributed by atoms with Crippen LogP contribution in [-0.4, -0.2) is 0 Å². The van der Waals surface area contributed by atoms with Crippen molar-refractivity contribution in [3.05, 3.63) is 40.8 Å². The fourth-order valence-corrected chi connectivity index (χ4v) is 1.36. The van der Waals surface area contributed by atoms with Gasteiger partial charge < -0.3 is 0 Å². The summed E-state index contributed by atoms with van der Waals surface area (Å²) in [6, 6.07) is 0.832. The van der Waals surface area contributed by atoms with Gasteiger partial charge in [-0.25, -0.2) is 0 Å². The fourth-order valence-electron chi connectivity index (χ4n) is 1.14. The van der Waals surface area contributed by atoms with Crippen LogP contribution in [0.15, 0.2) is 12.1 Å². The molecule has 0 aliphatic rings. The normalized spacial score (nSPS) is 13.0. The Morgan fingerprint density at radius 3 is 1.44 bits per heavy atom. The van der Waals surface area contributed by atoms with Gasteiger partial charge in [0.2, 0.25) is 0 Å². The quantitative estimate of drug-likeness (QED) is 0.601. The number of alkyl halides is 6. The lowest BCUT2D eigenvalue weighted by Gasteiger charge is -2.16. The van der Waals surface area contributed by atoms with Crippen LogP contribution in [0.2, 0.25) is 5.02 Å². The molecular weight excluding hydrogens is 258 g/mol. The Hall–Kier alpha value is -0.910. The summed E-state index contributed by atoms with van der Waals surface area (Å²) in [5.41, 5.74) is -4.08. The van der Waals surface area contributed by atoms with Crippen LogP contribution >= 0.6 is 11.6 Å². The van der Waals surface area contributed by atoms with Gasteiger partial charge in [0.25, 0.3) is 0 Å². The zero-order valence-corrected chi connectivity index (χ0v) is 8.26. The summed E-state index contributed by atoms with van der Waals surface area (Å²) in [5, 5.41) is -0.632. The van der Waals surface area contributed by atoms with Gasteiger partial charge in [0, 0.05) is 5.02 Å². The first-order valence-corrected chi connectivity index (χ1v) is 4.21. The summed E-state index contributed by atoms with van der Waals surface area (Å²) in [5.74, 6) is 0. The van der Waals surface area contributed by atoms with Crippen LogP contribution in [0, 0.1) is 6.92 Å². The minimum absolute atomic E-state index is 0.416. The predicted octanol–water partition coefficient (Wildman–Crippen LogP) is 4.56. The van der Waals surface area contributed by atoms with Gasteiger partial charge in [-0.2, -0.15) is 26.3 Å². The third-order valence-corrected chi connectivity index (χ3v) is 2.04. The lowest BCUT2D eigenvalue weighted by molar-refractivity contribution is -0.143. The summed E-state index contributed by atoms with van der Waals surface area (Å²) in [4.78, 5) is 0. The fraction of sp³-hybridized carbons (Fsp3) is 0.222. The topological polar surface area (TPSA) is 0 Å². The van der Waals surface area contributed by atoms with Crippen molar-refractivity contribution in [3.63, 3.8) is 0 Å². The van der Waals surface area contributed by atoms with Crippen LogP contribution in [0.25, 0.3) is 0 Å². The van der Waals surface area contributed by atoms with Crippen LogP contribution < -0.4 is 0 Å². The van der Waals surface area contributed by atoms with E-state index in [1.165, 1.54) is 0 Å². The average molecular weight is 262 g/mol. The van der Waals surface area contributed by atoms with Gasteiger partial charge in [-0.1, -0.05) is 11.6 Å². The zero-order chi connectivity index (χ0) is 12.7. The van der Waals surface area contributed by atoms with E-state index >= 15 is 0 Å². The minimum Gasteiger partial charge on any atom is -0.166 e. The molecule has 1 rings (SSSR count). The average Bonchev–Trinajstić information content (AvgIpc) is 2.04. The minimum atomic E-state index is -4.91. The van der Waals surface area contributed by atoms with Crippen molar-refractivity contribution in [2.24, 2.45) is 0 Å². The SMILES string of the molecule is [CH2]c1c(C(F)(F)F)cc(Cl)cc1C(F)(F)F. The molecule has 0 saturated carbocycles. The number of hydrogen-bond donors (Lipinski definition) is 0. The van der Waals surface area contributed by atoms with Gasteiger partial charge >= 0.3 is 12.4 Å². The van der Waals surface area contributed by atoms with Gasteiger partial charge in [-0.15, -0.1) is 0 Å². The number of hydrogen-bond acceptors (Lipinski definition) is 0. The predicted molar refractivity (Wildman–Crippen MR) is 45.9 cm³/mol. The lowest BCUT2D eigenvalue weighted by Crippen LogP contribution is -2.14. The van der Waals surface area contributed by atoms with Crippen LogP contribution in [0.3, 0.4) is 0 Å². The molecule has 0 spiro atoms. The van der Waals surface area contributed by atoms with E-state index in [0.717, 1.165) is 0 Å². The van der Waals surface area contributed by atoms with Crippen LogP contribution in [0.5, 0.6) is 0 Å². The van der Waals surface area contributed by atoms with E-state index in [1.807, 2.05) is 0 Å². The molecule has 0 aliphatic heterocycles. The van der Waals surface area contributed by atoms with Crippen molar-refractivity contribution >= 4 is 11.6 Å². The standard InChI is InChI=1S/C9H4ClF6/c1-4-6(8(11,12)13)2-5(10)3-7(4)9(14,15)16/h2-3H,1H2. The van der Waals surface area contributed by atoms with Crippen molar-refractivity contribution in [1.29, 1.82) is 0 Å². The van der Waals surface area contributed by atoms with Crippen molar-refractivity contribution < 1.29 is 26.3 Å².